The van der Waals surface area contributed by atoms with Gasteiger partial charge in [0.05, 0.1) is 27.0 Å². The molecule has 0 atom stereocenters. The molecule has 9 heteroatoms. The summed E-state index contributed by atoms with van der Waals surface area (Å²) in [5, 5.41) is 3.89. The smallest absolute Gasteiger partial charge is 0.255 e. The third kappa shape index (κ3) is 5.80. The molecule has 0 heterocycles. The number of rotatable bonds is 9. The highest BCUT2D eigenvalue weighted by Gasteiger charge is 2.27. The van der Waals surface area contributed by atoms with Crippen molar-refractivity contribution in [3.63, 3.8) is 0 Å². The number of methoxy groups -OCH3 is 2. The van der Waals surface area contributed by atoms with Gasteiger partial charge in [0.25, 0.3) is 5.91 Å². The van der Waals surface area contributed by atoms with Crippen molar-refractivity contribution in [3.05, 3.63) is 53.6 Å². The summed E-state index contributed by atoms with van der Waals surface area (Å²) < 4.78 is 36.9. The number of hydrazone groups is 1. The number of benzene rings is 2. The fourth-order valence-corrected chi connectivity index (χ4v) is 3.92. The summed E-state index contributed by atoms with van der Waals surface area (Å²) in [6.07, 6.45) is 1.50. The minimum atomic E-state index is -3.98. The zero-order valence-electron chi connectivity index (χ0n) is 17.7. The number of likely N-dealkylation sites (N-methyl/N-ethyl adjacent to an activating group) is 1. The van der Waals surface area contributed by atoms with E-state index in [1.54, 1.807) is 6.07 Å². The first kappa shape index (κ1) is 23.4. The Morgan fingerprint density at radius 2 is 1.80 bits per heavy atom. The van der Waals surface area contributed by atoms with Gasteiger partial charge in [0.2, 0.25) is 10.0 Å². The molecule has 0 unspecified atom stereocenters. The van der Waals surface area contributed by atoms with Gasteiger partial charge in [-0.05, 0) is 29.2 Å². The summed E-state index contributed by atoms with van der Waals surface area (Å²) in [7, 11) is 0.129. The van der Waals surface area contributed by atoms with Gasteiger partial charge in [-0.1, -0.05) is 38.1 Å². The fourth-order valence-electron chi connectivity index (χ4n) is 2.62. The number of hydrogen-bond acceptors (Lipinski definition) is 6. The van der Waals surface area contributed by atoms with E-state index in [4.69, 9.17) is 9.47 Å². The minimum Gasteiger partial charge on any atom is -0.497 e. The number of hydrogen-bond donors (Lipinski definition) is 1. The van der Waals surface area contributed by atoms with Crippen LogP contribution >= 0.6 is 0 Å². The van der Waals surface area contributed by atoms with Crippen LogP contribution in [-0.2, 0) is 14.8 Å². The highest BCUT2D eigenvalue weighted by atomic mass is 32.2. The number of nitrogens with one attached hydrogen (secondary N) is 1. The van der Waals surface area contributed by atoms with Crippen LogP contribution in [0.3, 0.4) is 0 Å². The van der Waals surface area contributed by atoms with Crippen LogP contribution in [0.25, 0.3) is 0 Å². The largest absolute Gasteiger partial charge is 0.497 e. The molecule has 0 bridgehead atoms. The molecule has 0 aliphatic carbocycles. The summed E-state index contributed by atoms with van der Waals surface area (Å²) in [5.41, 5.74) is 4.37. The Bertz CT molecular complexity index is 1000. The summed E-state index contributed by atoms with van der Waals surface area (Å²) in [6.45, 7) is 3.80. The van der Waals surface area contributed by atoms with E-state index in [0.29, 0.717) is 11.7 Å². The molecule has 0 aromatic heterocycles. The van der Waals surface area contributed by atoms with Crippen molar-refractivity contribution in [2.45, 2.75) is 24.7 Å². The van der Waals surface area contributed by atoms with Crippen LogP contribution in [0.2, 0.25) is 0 Å². The van der Waals surface area contributed by atoms with E-state index in [2.05, 4.69) is 24.4 Å². The molecule has 2 aromatic rings. The molecule has 0 aliphatic heterocycles. The average Bonchev–Trinajstić information content (AvgIpc) is 2.73. The van der Waals surface area contributed by atoms with Gasteiger partial charge in [-0.3, -0.25) is 4.79 Å². The quantitative estimate of drug-likeness (QED) is 0.484. The van der Waals surface area contributed by atoms with Crippen LogP contribution < -0.4 is 14.9 Å². The molecule has 0 spiro atoms. The molecular formula is C21H27N3O5S. The van der Waals surface area contributed by atoms with Crippen molar-refractivity contribution in [1.82, 2.24) is 9.73 Å². The van der Waals surface area contributed by atoms with Crippen LogP contribution in [0.1, 0.15) is 30.9 Å². The second-order valence-corrected chi connectivity index (χ2v) is 8.91. The first-order valence-electron chi connectivity index (χ1n) is 9.29. The van der Waals surface area contributed by atoms with E-state index in [-0.39, 0.29) is 10.6 Å². The van der Waals surface area contributed by atoms with Crippen LogP contribution in [-0.4, -0.2) is 52.7 Å². The van der Waals surface area contributed by atoms with Crippen molar-refractivity contribution in [1.29, 1.82) is 0 Å². The predicted octanol–water partition coefficient (Wildman–Crippen LogP) is 2.60. The predicted molar refractivity (Wildman–Crippen MR) is 116 cm³/mol. The van der Waals surface area contributed by atoms with Crippen molar-refractivity contribution in [2.24, 2.45) is 5.10 Å². The normalized spacial score (nSPS) is 11.8. The van der Waals surface area contributed by atoms with Crippen molar-refractivity contribution < 1.29 is 22.7 Å². The number of carbonyl (C=O) groups excluding carboxylic acids is 1. The van der Waals surface area contributed by atoms with E-state index in [1.165, 1.54) is 45.2 Å². The van der Waals surface area contributed by atoms with Crippen LogP contribution in [0, 0.1) is 0 Å². The van der Waals surface area contributed by atoms with Gasteiger partial charge in [0.1, 0.15) is 16.4 Å². The summed E-state index contributed by atoms with van der Waals surface area (Å²) in [5.74, 6) is 0.376. The van der Waals surface area contributed by atoms with Crippen LogP contribution in [0.5, 0.6) is 11.5 Å². The summed E-state index contributed by atoms with van der Waals surface area (Å²) in [6, 6.07) is 12.2. The Hall–Kier alpha value is -2.91. The number of amides is 1. The lowest BCUT2D eigenvalue weighted by Crippen LogP contribution is -2.36. The molecule has 0 fully saturated rings. The zero-order chi connectivity index (χ0) is 22.3. The molecule has 2 aromatic carbocycles. The molecule has 2 rings (SSSR count). The highest BCUT2D eigenvalue weighted by Crippen LogP contribution is 2.30. The summed E-state index contributed by atoms with van der Waals surface area (Å²) >= 11 is 0. The number of nitrogens with zero attached hydrogens (tertiary/aromatic N) is 2. The maximum absolute atomic E-state index is 12.9. The number of sulfonamides is 1. The Kier molecular flexibility index (Phi) is 7.96. The van der Waals surface area contributed by atoms with E-state index in [9.17, 15) is 13.2 Å². The van der Waals surface area contributed by atoms with Gasteiger partial charge < -0.3 is 9.47 Å². The maximum Gasteiger partial charge on any atom is 0.255 e. The lowest BCUT2D eigenvalue weighted by atomic mass is 10.0. The molecule has 1 amide bonds. The van der Waals surface area contributed by atoms with Gasteiger partial charge in [0, 0.05) is 13.1 Å². The monoisotopic (exact) mass is 433 g/mol. The molecule has 1 N–H and O–H groups in total. The molecule has 162 valence electrons. The van der Waals surface area contributed by atoms with E-state index in [0.717, 1.165) is 9.87 Å². The van der Waals surface area contributed by atoms with Crippen molar-refractivity contribution in [3.8, 4) is 11.5 Å². The lowest BCUT2D eigenvalue weighted by molar-refractivity contribution is -0.121. The molecule has 0 saturated heterocycles. The average molecular weight is 434 g/mol. The third-order valence-electron chi connectivity index (χ3n) is 4.43. The molecular weight excluding hydrogens is 406 g/mol. The van der Waals surface area contributed by atoms with Gasteiger partial charge in [-0.15, -0.1) is 0 Å². The van der Waals surface area contributed by atoms with E-state index in [1.807, 2.05) is 24.3 Å². The lowest BCUT2D eigenvalue weighted by Gasteiger charge is -2.18. The van der Waals surface area contributed by atoms with E-state index < -0.39 is 22.5 Å². The summed E-state index contributed by atoms with van der Waals surface area (Å²) in [4.78, 5) is 12.1. The number of ether oxygens (including phenoxy) is 2. The zero-order valence-corrected chi connectivity index (χ0v) is 18.6. The Morgan fingerprint density at radius 3 is 2.37 bits per heavy atom. The molecule has 0 aliphatic rings. The standard InChI is InChI=1S/C21H27N3O5S/c1-15(2)17-8-6-16(7-9-17)13-22-23-21(25)14-24(3)30(26,27)20-12-18(28-4)10-11-19(20)29-5/h6-13,15H,14H2,1-5H3,(H,23,25)/b22-13-. The Balaban J connectivity index is 2.04. The fraction of sp³-hybridized carbons (Fsp3) is 0.333. The second kappa shape index (κ2) is 10.2. The second-order valence-electron chi connectivity index (χ2n) is 6.89. The topological polar surface area (TPSA) is 97.3 Å². The SMILES string of the molecule is COc1ccc(OC)c(S(=O)(=O)N(C)CC(=O)N/N=C\c2ccc(C(C)C)cc2)c1. The van der Waals surface area contributed by atoms with Gasteiger partial charge in [-0.25, -0.2) is 13.8 Å². The maximum atomic E-state index is 12.9. The first-order chi connectivity index (χ1) is 14.2. The van der Waals surface area contributed by atoms with Crippen molar-refractivity contribution in [2.75, 3.05) is 27.8 Å². The van der Waals surface area contributed by atoms with Gasteiger partial charge in [0.15, 0.2) is 0 Å². The van der Waals surface area contributed by atoms with E-state index >= 15 is 0 Å². The molecule has 8 nitrogen and oxygen atoms in total. The first-order valence-corrected chi connectivity index (χ1v) is 10.7. The van der Waals surface area contributed by atoms with Crippen LogP contribution in [0.15, 0.2) is 52.5 Å². The number of carbonyl (C=O) groups is 1. The van der Waals surface area contributed by atoms with Crippen LogP contribution in [0.4, 0.5) is 0 Å². The molecule has 30 heavy (non-hydrogen) atoms. The Labute approximate surface area is 177 Å². The molecule has 0 radical (unpaired) electrons. The third-order valence-corrected chi connectivity index (χ3v) is 6.26. The van der Waals surface area contributed by atoms with Crippen molar-refractivity contribution >= 4 is 22.1 Å². The Morgan fingerprint density at radius 1 is 1.13 bits per heavy atom. The van der Waals surface area contributed by atoms with Gasteiger partial charge >= 0.3 is 0 Å². The van der Waals surface area contributed by atoms with Gasteiger partial charge in [-0.2, -0.15) is 9.41 Å². The molecule has 0 saturated carbocycles. The minimum absolute atomic E-state index is 0.0895. The highest BCUT2D eigenvalue weighted by molar-refractivity contribution is 7.89.